The lowest BCUT2D eigenvalue weighted by Gasteiger charge is -2.20. The molecule has 0 fully saturated rings. The summed E-state index contributed by atoms with van der Waals surface area (Å²) >= 11 is 0. The number of aryl methyl sites for hydroxylation is 3. The first kappa shape index (κ1) is 20.4. The number of hydrogen-bond acceptors (Lipinski definition) is 0. The maximum Gasteiger partial charge on any atom is 0.416 e. The predicted octanol–water partition coefficient (Wildman–Crippen LogP) is 8.39. The monoisotopic (exact) mass is 429 g/mol. The van der Waals surface area contributed by atoms with Crippen molar-refractivity contribution in [2.75, 3.05) is 0 Å². The third-order valence-electron chi connectivity index (χ3n) is 6.01. The number of alkyl halides is 3. The SMILES string of the molecule is Cc1ccc2c(c1)c1cc(C)ccc1n2-c1c(C)cc(C(F)(F)F)cc1-c1ccccc1. The molecule has 0 saturated heterocycles. The second kappa shape index (κ2) is 7.27. The van der Waals surface area contributed by atoms with E-state index < -0.39 is 11.7 Å². The summed E-state index contributed by atoms with van der Waals surface area (Å²) in [5, 5.41) is 2.20. The summed E-state index contributed by atoms with van der Waals surface area (Å²) in [7, 11) is 0. The molecule has 0 bridgehead atoms. The minimum absolute atomic E-state index is 0.567. The first-order valence-electron chi connectivity index (χ1n) is 10.5. The van der Waals surface area contributed by atoms with E-state index in [9.17, 15) is 13.2 Å². The van der Waals surface area contributed by atoms with Gasteiger partial charge in [-0.1, -0.05) is 53.6 Å². The highest BCUT2D eigenvalue weighted by Crippen LogP contribution is 2.41. The number of halogens is 3. The van der Waals surface area contributed by atoms with Gasteiger partial charge in [-0.15, -0.1) is 0 Å². The number of nitrogens with zero attached hydrogens (tertiary/aromatic N) is 1. The Morgan fingerprint density at radius 2 is 1.22 bits per heavy atom. The molecule has 5 rings (SSSR count). The van der Waals surface area contributed by atoms with Gasteiger partial charge in [-0.2, -0.15) is 13.2 Å². The number of benzene rings is 4. The fourth-order valence-electron chi connectivity index (χ4n) is 4.57. The molecule has 160 valence electrons. The molecule has 0 radical (unpaired) electrons. The van der Waals surface area contributed by atoms with E-state index in [-0.39, 0.29) is 0 Å². The molecule has 4 heteroatoms. The molecule has 0 saturated carbocycles. The van der Waals surface area contributed by atoms with Crippen LogP contribution in [0.4, 0.5) is 13.2 Å². The lowest BCUT2D eigenvalue weighted by Crippen LogP contribution is -2.08. The van der Waals surface area contributed by atoms with E-state index in [0.717, 1.165) is 44.2 Å². The van der Waals surface area contributed by atoms with Gasteiger partial charge >= 0.3 is 6.18 Å². The van der Waals surface area contributed by atoms with Gasteiger partial charge in [0.05, 0.1) is 22.3 Å². The van der Waals surface area contributed by atoms with Crippen LogP contribution in [-0.4, -0.2) is 4.57 Å². The van der Waals surface area contributed by atoms with Gasteiger partial charge in [0.15, 0.2) is 0 Å². The minimum Gasteiger partial charge on any atom is -0.308 e. The first-order valence-corrected chi connectivity index (χ1v) is 10.5. The van der Waals surface area contributed by atoms with E-state index in [4.69, 9.17) is 0 Å². The Kier molecular flexibility index (Phi) is 4.63. The highest BCUT2D eigenvalue weighted by molar-refractivity contribution is 6.10. The Labute approximate surface area is 184 Å². The molecule has 1 aromatic heterocycles. The Hall–Kier alpha value is -3.53. The number of rotatable bonds is 2. The summed E-state index contributed by atoms with van der Waals surface area (Å²) < 4.78 is 43.3. The highest BCUT2D eigenvalue weighted by Gasteiger charge is 2.32. The minimum atomic E-state index is -4.41. The Morgan fingerprint density at radius 3 is 1.75 bits per heavy atom. The summed E-state index contributed by atoms with van der Waals surface area (Å²) in [5.41, 5.74) is 6.30. The first-order chi connectivity index (χ1) is 15.2. The van der Waals surface area contributed by atoms with Gasteiger partial charge in [0.1, 0.15) is 0 Å². The van der Waals surface area contributed by atoms with Crippen LogP contribution in [0.2, 0.25) is 0 Å². The zero-order valence-electron chi connectivity index (χ0n) is 18.1. The number of fused-ring (bicyclic) bond motifs is 3. The zero-order chi connectivity index (χ0) is 22.6. The average molecular weight is 429 g/mol. The van der Waals surface area contributed by atoms with Crippen molar-refractivity contribution in [2.45, 2.75) is 26.9 Å². The van der Waals surface area contributed by atoms with Crippen LogP contribution in [0.3, 0.4) is 0 Å². The van der Waals surface area contributed by atoms with Gasteiger partial charge in [0.25, 0.3) is 0 Å². The smallest absolute Gasteiger partial charge is 0.308 e. The van der Waals surface area contributed by atoms with E-state index in [1.54, 1.807) is 6.92 Å². The second-order valence-electron chi connectivity index (χ2n) is 8.43. The molecule has 0 aliphatic rings. The molecule has 0 atom stereocenters. The topological polar surface area (TPSA) is 4.93 Å². The van der Waals surface area contributed by atoms with Crippen molar-refractivity contribution in [2.24, 2.45) is 0 Å². The van der Waals surface area contributed by atoms with E-state index in [1.165, 1.54) is 12.1 Å². The molecule has 32 heavy (non-hydrogen) atoms. The van der Waals surface area contributed by atoms with Crippen molar-refractivity contribution < 1.29 is 13.2 Å². The van der Waals surface area contributed by atoms with E-state index in [1.807, 2.05) is 42.5 Å². The lowest BCUT2D eigenvalue weighted by atomic mass is 9.96. The quantitative estimate of drug-likeness (QED) is 0.265. The second-order valence-corrected chi connectivity index (χ2v) is 8.43. The van der Waals surface area contributed by atoms with Crippen molar-refractivity contribution in [3.63, 3.8) is 0 Å². The Bertz CT molecular complexity index is 1420. The van der Waals surface area contributed by atoms with Gasteiger partial charge in [-0.05, 0) is 68.3 Å². The Balaban J connectivity index is 1.96. The van der Waals surface area contributed by atoms with Gasteiger partial charge in [-0.3, -0.25) is 0 Å². The molecule has 0 amide bonds. The van der Waals surface area contributed by atoms with E-state index in [0.29, 0.717) is 11.1 Å². The van der Waals surface area contributed by atoms with Crippen LogP contribution in [0.5, 0.6) is 0 Å². The molecule has 4 aromatic carbocycles. The summed E-state index contributed by atoms with van der Waals surface area (Å²) in [6, 6.07) is 24.3. The van der Waals surface area contributed by atoms with Crippen molar-refractivity contribution >= 4 is 21.8 Å². The van der Waals surface area contributed by atoms with Gasteiger partial charge in [0, 0.05) is 16.3 Å². The molecule has 1 nitrogen and oxygen atoms in total. The normalized spacial score (nSPS) is 12.1. The predicted molar refractivity (Wildman–Crippen MR) is 125 cm³/mol. The fourth-order valence-corrected chi connectivity index (χ4v) is 4.57. The number of hydrogen-bond donors (Lipinski definition) is 0. The van der Waals surface area contributed by atoms with Crippen molar-refractivity contribution in [1.82, 2.24) is 4.57 Å². The van der Waals surface area contributed by atoms with Crippen LogP contribution in [0.25, 0.3) is 38.6 Å². The summed E-state index contributed by atoms with van der Waals surface area (Å²) in [5.74, 6) is 0. The third kappa shape index (κ3) is 3.27. The van der Waals surface area contributed by atoms with E-state index >= 15 is 0 Å². The van der Waals surface area contributed by atoms with Crippen LogP contribution < -0.4 is 0 Å². The number of aromatic nitrogens is 1. The van der Waals surface area contributed by atoms with Gasteiger partial charge < -0.3 is 4.57 Å². The van der Waals surface area contributed by atoms with Gasteiger partial charge in [0.2, 0.25) is 0 Å². The average Bonchev–Trinajstić information content (AvgIpc) is 3.05. The van der Waals surface area contributed by atoms with Crippen LogP contribution in [0.15, 0.2) is 78.9 Å². The maximum absolute atomic E-state index is 13.7. The third-order valence-corrected chi connectivity index (χ3v) is 6.01. The lowest BCUT2D eigenvalue weighted by molar-refractivity contribution is -0.137. The molecular weight excluding hydrogens is 407 g/mol. The summed E-state index contributed by atoms with van der Waals surface area (Å²) in [6.07, 6.45) is -4.41. The zero-order valence-corrected chi connectivity index (χ0v) is 18.1. The van der Waals surface area contributed by atoms with Crippen molar-refractivity contribution in [3.05, 3.63) is 101 Å². The molecule has 0 spiro atoms. The summed E-state index contributed by atoms with van der Waals surface area (Å²) in [6.45, 7) is 5.87. The molecule has 0 aliphatic heterocycles. The van der Waals surface area contributed by atoms with Crippen molar-refractivity contribution in [3.8, 4) is 16.8 Å². The maximum atomic E-state index is 13.7. The largest absolute Gasteiger partial charge is 0.416 e. The van der Waals surface area contributed by atoms with Crippen LogP contribution in [0.1, 0.15) is 22.3 Å². The highest BCUT2D eigenvalue weighted by atomic mass is 19.4. The Morgan fingerprint density at radius 1 is 0.656 bits per heavy atom. The van der Waals surface area contributed by atoms with Crippen LogP contribution >= 0.6 is 0 Å². The summed E-state index contributed by atoms with van der Waals surface area (Å²) in [4.78, 5) is 0. The molecule has 0 N–H and O–H groups in total. The molecule has 0 unspecified atom stereocenters. The molecular formula is C28H22F3N. The van der Waals surface area contributed by atoms with Crippen LogP contribution in [-0.2, 0) is 6.18 Å². The molecule has 5 aromatic rings. The van der Waals surface area contributed by atoms with Crippen molar-refractivity contribution in [1.29, 1.82) is 0 Å². The fraction of sp³-hybridized carbons (Fsp3) is 0.143. The standard InChI is InChI=1S/C28H22F3N/c1-17-9-11-25-23(13-17)24-14-18(2)10-12-26(24)32(25)27-19(3)15-21(28(29,30)31)16-22(27)20-7-5-4-6-8-20/h4-16H,1-3H3. The molecule has 0 aliphatic carbocycles. The van der Waals surface area contributed by atoms with E-state index in [2.05, 4.69) is 42.7 Å². The van der Waals surface area contributed by atoms with Gasteiger partial charge in [-0.25, -0.2) is 0 Å². The molecule has 1 heterocycles. The van der Waals surface area contributed by atoms with Crippen LogP contribution in [0, 0.1) is 20.8 Å².